The molecule has 0 saturated carbocycles. The summed E-state index contributed by atoms with van der Waals surface area (Å²) in [5.41, 5.74) is 0. The number of carbonyl (C=O) groups excluding carboxylic acids is 1. The van der Waals surface area contributed by atoms with Gasteiger partial charge in [-0.05, 0) is 0 Å². The molecule has 1 amide bonds. The number of hydrogen-bond acceptors (Lipinski definition) is 6. The summed E-state index contributed by atoms with van der Waals surface area (Å²) in [4.78, 5) is 12.9. The van der Waals surface area contributed by atoms with E-state index in [1.807, 2.05) is 0 Å². The first-order chi connectivity index (χ1) is 8.15. The third kappa shape index (κ3) is 7.76. The number of amides is 1. The van der Waals surface area contributed by atoms with E-state index < -0.39 is 10.2 Å². The summed E-state index contributed by atoms with van der Waals surface area (Å²) in [5.74, 6) is 0.739. The summed E-state index contributed by atoms with van der Waals surface area (Å²) >= 11 is 0. The molecule has 0 aromatic carbocycles. The van der Waals surface area contributed by atoms with E-state index in [-0.39, 0.29) is 6.03 Å². The molecular weight excluding hydrogens is 268 g/mol. The molecule has 0 aliphatic rings. The van der Waals surface area contributed by atoms with Gasteiger partial charge in [-0.15, -0.1) is 10.2 Å². The van der Waals surface area contributed by atoms with Crippen molar-refractivity contribution in [2.45, 2.75) is 0 Å². The quantitative estimate of drug-likeness (QED) is 0.480. The van der Waals surface area contributed by atoms with Gasteiger partial charge in [-0.2, -0.15) is 9.36 Å². The van der Waals surface area contributed by atoms with Crippen LogP contribution in [0.25, 0.3) is 0 Å². The standard InChI is InChI=1S/C9H13N2O2.ClHO4/c1-10(2)9(12)11-6-4-8(13-3)5-7-11;2-1(3,4)5/h4-7H,1-3H3;(H,2,3,4,5)/q+1;/p-1. The van der Waals surface area contributed by atoms with E-state index in [1.54, 1.807) is 45.7 Å². The van der Waals surface area contributed by atoms with Crippen LogP contribution < -0.4 is 27.9 Å². The Morgan fingerprint density at radius 3 is 1.89 bits per heavy atom. The predicted molar refractivity (Wildman–Crippen MR) is 47.7 cm³/mol. The molecule has 0 aliphatic heterocycles. The monoisotopic (exact) mass is 280 g/mol. The molecule has 8 nitrogen and oxygen atoms in total. The molecule has 1 aromatic rings. The second-order valence-electron chi connectivity index (χ2n) is 3.20. The van der Waals surface area contributed by atoms with Gasteiger partial charge < -0.3 is 4.74 Å². The summed E-state index contributed by atoms with van der Waals surface area (Å²) in [5, 5.41) is 0. The van der Waals surface area contributed by atoms with Crippen molar-refractivity contribution in [3.63, 3.8) is 0 Å². The summed E-state index contributed by atoms with van der Waals surface area (Å²) in [6, 6.07) is 3.39. The molecule has 0 N–H and O–H groups in total. The Hall–Kier alpha value is -1.45. The molecule has 0 unspecified atom stereocenters. The van der Waals surface area contributed by atoms with Gasteiger partial charge in [0.1, 0.15) is 18.1 Å². The highest BCUT2D eigenvalue weighted by Crippen LogP contribution is 2.03. The molecule has 18 heavy (non-hydrogen) atoms. The minimum Gasteiger partial charge on any atom is -0.496 e. The van der Waals surface area contributed by atoms with E-state index in [2.05, 4.69) is 0 Å². The van der Waals surface area contributed by atoms with E-state index in [4.69, 9.17) is 23.4 Å². The van der Waals surface area contributed by atoms with Crippen molar-refractivity contribution >= 4 is 6.03 Å². The molecule has 0 atom stereocenters. The first-order valence-electron chi connectivity index (χ1n) is 4.54. The lowest BCUT2D eigenvalue weighted by Gasteiger charge is -2.17. The molecular formula is C9H13ClN2O6. The number of carbonyl (C=O) groups is 1. The normalized spacial score (nSPS) is 10.2. The van der Waals surface area contributed by atoms with Crippen LogP contribution in [0.1, 0.15) is 0 Å². The molecule has 0 radical (unpaired) electrons. The number of methoxy groups -OCH3 is 1. The molecule has 0 spiro atoms. The second kappa shape index (κ2) is 7.09. The number of nitrogens with zero attached hydrogens (tertiary/aromatic N) is 2. The van der Waals surface area contributed by atoms with Crippen molar-refractivity contribution in [3.8, 4) is 5.75 Å². The molecule has 0 bridgehead atoms. The van der Waals surface area contributed by atoms with E-state index >= 15 is 0 Å². The van der Waals surface area contributed by atoms with Gasteiger partial charge in [0.05, 0.1) is 21.2 Å². The maximum absolute atomic E-state index is 11.4. The third-order valence-corrected chi connectivity index (χ3v) is 1.64. The maximum atomic E-state index is 11.4. The SMILES string of the molecule is COc1cc[n+](C(=O)N(C)C)cc1.[O-][Cl+3]([O-])([O-])[O-]. The smallest absolute Gasteiger partial charge is 0.496 e. The van der Waals surface area contributed by atoms with Gasteiger partial charge in [-0.1, -0.05) is 0 Å². The Balaban J connectivity index is 0.000000494. The first-order valence-corrected chi connectivity index (χ1v) is 5.77. The van der Waals surface area contributed by atoms with Gasteiger partial charge in [0.2, 0.25) is 0 Å². The average Bonchev–Trinajstić information content (AvgIpc) is 2.26. The number of halogens is 1. The molecule has 9 heteroatoms. The fourth-order valence-electron chi connectivity index (χ4n) is 0.907. The van der Waals surface area contributed by atoms with E-state index in [9.17, 15) is 4.79 Å². The minimum atomic E-state index is -4.94. The van der Waals surface area contributed by atoms with E-state index in [0.29, 0.717) is 0 Å². The summed E-state index contributed by atoms with van der Waals surface area (Å²) in [6.07, 6.45) is 3.34. The highest BCUT2D eigenvalue weighted by atomic mass is 35.7. The fraction of sp³-hybridized carbons (Fsp3) is 0.333. The Bertz CT molecular complexity index is 370. The Morgan fingerprint density at radius 2 is 1.61 bits per heavy atom. The van der Waals surface area contributed by atoms with Crippen molar-refractivity contribution < 1.29 is 43.0 Å². The molecule has 102 valence electrons. The van der Waals surface area contributed by atoms with Crippen molar-refractivity contribution in [3.05, 3.63) is 24.5 Å². The Labute approximate surface area is 106 Å². The van der Waals surface area contributed by atoms with Crippen LogP contribution in [0.2, 0.25) is 0 Å². The Kier molecular flexibility index (Phi) is 6.52. The van der Waals surface area contributed by atoms with Gasteiger partial charge >= 0.3 is 6.03 Å². The highest BCUT2D eigenvalue weighted by Gasteiger charge is 2.14. The number of aromatic nitrogens is 1. The number of hydrogen-bond donors (Lipinski definition) is 0. The third-order valence-electron chi connectivity index (χ3n) is 1.64. The lowest BCUT2D eigenvalue weighted by Crippen LogP contribution is -2.68. The zero-order valence-corrected chi connectivity index (χ0v) is 10.8. The van der Waals surface area contributed by atoms with Gasteiger partial charge in [0.25, 0.3) is 0 Å². The van der Waals surface area contributed by atoms with Crippen molar-refractivity contribution in [2.24, 2.45) is 0 Å². The van der Waals surface area contributed by atoms with Crippen LogP contribution in [0.15, 0.2) is 24.5 Å². The lowest BCUT2D eigenvalue weighted by molar-refractivity contribution is -2.00. The molecule has 1 heterocycles. The maximum Gasteiger partial charge on any atom is 0.497 e. The molecule has 0 saturated heterocycles. The number of ether oxygens (including phenoxy) is 1. The molecule has 1 rings (SSSR count). The zero-order chi connectivity index (χ0) is 14.3. The summed E-state index contributed by atoms with van der Waals surface area (Å²) in [7, 11) is 0.0621. The fourth-order valence-corrected chi connectivity index (χ4v) is 0.907. The largest absolute Gasteiger partial charge is 0.497 e. The van der Waals surface area contributed by atoms with Crippen LogP contribution in [-0.2, 0) is 0 Å². The highest BCUT2D eigenvalue weighted by molar-refractivity contribution is 5.63. The number of pyridine rings is 1. The molecule has 0 aliphatic carbocycles. The average molecular weight is 281 g/mol. The lowest BCUT2D eigenvalue weighted by atomic mass is 10.4. The number of rotatable bonds is 1. The van der Waals surface area contributed by atoms with Crippen LogP contribution in [0.3, 0.4) is 0 Å². The van der Waals surface area contributed by atoms with Crippen molar-refractivity contribution in [1.29, 1.82) is 0 Å². The van der Waals surface area contributed by atoms with Crippen LogP contribution in [0.4, 0.5) is 4.79 Å². The van der Waals surface area contributed by atoms with Gasteiger partial charge in [0, 0.05) is 12.1 Å². The topological polar surface area (TPSA) is 126 Å². The minimum absolute atomic E-state index is 0.0809. The van der Waals surface area contributed by atoms with E-state index in [1.165, 1.54) is 9.47 Å². The van der Waals surface area contributed by atoms with Crippen molar-refractivity contribution in [1.82, 2.24) is 4.90 Å². The predicted octanol–water partition coefficient (Wildman–Crippen LogP) is -4.24. The zero-order valence-electron chi connectivity index (χ0n) is 10.0. The van der Waals surface area contributed by atoms with Gasteiger partial charge in [-0.25, -0.2) is 23.5 Å². The Morgan fingerprint density at radius 1 is 1.22 bits per heavy atom. The van der Waals surface area contributed by atoms with Crippen LogP contribution in [0, 0.1) is 10.2 Å². The first kappa shape index (κ1) is 16.6. The van der Waals surface area contributed by atoms with Crippen LogP contribution in [0.5, 0.6) is 5.75 Å². The molecule has 0 fully saturated rings. The summed E-state index contributed by atoms with van der Waals surface area (Å²) < 4.78 is 40.4. The van der Waals surface area contributed by atoms with Crippen LogP contribution >= 0.6 is 0 Å². The van der Waals surface area contributed by atoms with Gasteiger partial charge in [0.15, 0.2) is 0 Å². The second-order valence-corrected chi connectivity index (χ2v) is 3.96. The van der Waals surface area contributed by atoms with E-state index in [0.717, 1.165) is 5.75 Å². The van der Waals surface area contributed by atoms with Crippen LogP contribution in [-0.4, -0.2) is 32.1 Å². The van der Waals surface area contributed by atoms with Gasteiger partial charge in [-0.3, -0.25) is 0 Å². The van der Waals surface area contributed by atoms with Crippen molar-refractivity contribution in [2.75, 3.05) is 21.2 Å². The summed E-state index contributed by atoms with van der Waals surface area (Å²) in [6.45, 7) is 0. The molecule has 1 aromatic heterocycles.